The van der Waals surface area contributed by atoms with Gasteiger partial charge < -0.3 is 20.5 Å². The zero-order chi connectivity index (χ0) is 14.8. The molecule has 1 heterocycles. The molecule has 0 saturated heterocycles. The molecule has 3 rings (SSSR count). The van der Waals surface area contributed by atoms with Crippen LogP contribution >= 0.6 is 0 Å². The highest BCUT2D eigenvalue weighted by Crippen LogP contribution is 2.29. The van der Waals surface area contributed by atoms with Gasteiger partial charge in [-0.25, -0.2) is 0 Å². The third kappa shape index (κ3) is 2.79. The van der Waals surface area contributed by atoms with Gasteiger partial charge in [0.15, 0.2) is 6.10 Å². The Labute approximate surface area is 122 Å². The van der Waals surface area contributed by atoms with Gasteiger partial charge >= 0.3 is 5.97 Å². The molecule has 1 aromatic carbocycles. The van der Waals surface area contributed by atoms with E-state index in [1.54, 1.807) is 6.07 Å². The Hall–Kier alpha value is -2.24. The van der Waals surface area contributed by atoms with Crippen LogP contribution in [0.3, 0.4) is 0 Å². The van der Waals surface area contributed by atoms with E-state index in [1.165, 1.54) is 0 Å². The highest BCUT2D eigenvalue weighted by atomic mass is 16.5. The molecule has 3 atom stereocenters. The van der Waals surface area contributed by atoms with Crippen molar-refractivity contribution in [2.24, 2.45) is 5.92 Å². The molecule has 6 heteroatoms. The number of hydrogen-bond acceptors (Lipinski definition) is 4. The van der Waals surface area contributed by atoms with Gasteiger partial charge in [-0.1, -0.05) is 18.6 Å². The molecule has 1 aliphatic heterocycles. The molecule has 0 bridgehead atoms. The van der Waals surface area contributed by atoms with Gasteiger partial charge in [-0.05, 0) is 25.0 Å². The number of nitrogens with one attached hydrogen (secondary N) is 2. The van der Waals surface area contributed by atoms with Crippen molar-refractivity contribution in [3.05, 3.63) is 24.3 Å². The van der Waals surface area contributed by atoms with Gasteiger partial charge in [0.2, 0.25) is 0 Å². The fourth-order valence-electron chi connectivity index (χ4n) is 2.96. The Morgan fingerprint density at radius 2 is 2.10 bits per heavy atom. The van der Waals surface area contributed by atoms with Gasteiger partial charge in [-0.15, -0.1) is 0 Å². The third-order valence-electron chi connectivity index (χ3n) is 4.09. The largest absolute Gasteiger partial charge is 0.481 e. The van der Waals surface area contributed by atoms with E-state index < -0.39 is 18.0 Å². The summed E-state index contributed by atoms with van der Waals surface area (Å²) in [7, 11) is 0. The number of amides is 1. The Morgan fingerprint density at radius 1 is 1.29 bits per heavy atom. The highest BCUT2D eigenvalue weighted by Gasteiger charge is 2.36. The number of hydrogen-bond donors (Lipinski definition) is 3. The molecule has 112 valence electrons. The van der Waals surface area contributed by atoms with Crippen molar-refractivity contribution in [3.63, 3.8) is 0 Å². The summed E-state index contributed by atoms with van der Waals surface area (Å²) in [6.07, 6.45) is 1.52. The molecule has 21 heavy (non-hydrogen) atoms. The molecule has 0 aromatic heterocycles. The molecule has 1 aliphatic carbocycles. The Balaban J connectivity index is 1.63. The van der Waals surface area contributed by atoms with Gasteiger partial charge in [0.05, 0.1) is 18.2 Å². The molecule has 1 fully saturated rings. The minimum atomic E-state index is -0.842. The van der Waals surface area contributed by atoms with Crippen LogP contribution in [-0.4, -0.2) is 35.7 Å². The van der Waals surface area contributed by atoms with E-state index in [-0.39, 0.29) is 11.9 Å². The first-order chi connectivity index (χ1) is 10.1. The van der Waals surface area contributed by atoms with Gasteiger partial charge in [-0.2, -0.15) is 0 Å². The molecular weight excluding hydrogens is 272 g/mol. The molecule has 6 nitrogen and oxygen atoms in total. The molecule has 2 aliphatic rings. The predicted molar refractivity (Wildman–Crippen MR) is 76.3 cm³/mol. The number of aliphatic carboxylic acids is 1. The summed E-state index contributed by atoms with van der Waals surface area (Å²) in [5.41, 5.74) is 0.867. The number of carboxylic acid groups (broad SMARTS) is 1. The van der Waals surface area contributed by atoms with Crippen LogP contribution in [0.1, 0.15) is 19.3 Å². The number of carbonyl (C=O) groups excluding carboxylic acids is 1. The summed E-state index contributed by atoms with van der Waals surface area (Å²) in [6, 6.07) is 7.14. The second-order valence-corrected chi connectivity index (χ2v) is 5.47. The Kier molecular flexibility index (Phi) is 3.68. The second-order valence-electron chi connectivity index (χ2n) is 5.47. The fraction of sp³-hybridized carbons (Fsp3) is 0.467. The predicted octanol–water partition coefficient (Wildman–Crippen LogP) is 1.23. The number of fused-ring (bicyclic) bond motifs is 1. The zero-order valence-corrected chi connectivity index (χ0v) is 11.5. The minimum absolute atomic E-state index is 0.254. The SMILES string of the molecule is O=C(NC1CCCC1C(=O)O)C1CNc2ccccc2O1. The molecule has 0 spiro atoms. The monoisotopic (exact) mass is 290 g/mol. The maximum absolute atomic E-state index is 12.3. The fourth-order valence-corrected chi connectivity index (χ4v) is 2.96. The number of para-hydroxylation sites is 2. The van der Waals surface area contributed by atoms with Crippen LogP contribution in [0.4, 0.5) is 5.69 Å². The van der Waals surface area contributed by atoms with Crippen LogP contribution in [0.2, 0.25) is 0 Å². The smallest absolute Gasteiger partial charge is 0.308 e. The third-order valence-corrected chi connectivity index (χ3v) is 4.09. The Bertz CT molecular complexity index is 560. The van der Waals surface area contributed by atoms with E-state index in [9.17, 15) is 9.59 Å². The number of carbonyl (C=O) groups is 2. The first-order valence-corrected chi connectivity index (χ1v) is 7.18. The first-order valence-electron chi connectivity index (χ1n) is 7.18. The molecule has 1 amide bonds. The van der Waals surface area contributed by atoms with E-state index in [4.69, 9.17) is 9.84 Å². The quantitative estimate of drug-likeness (QED) is 0.779. The average molecular weight is 290 g/mol. The lowest BCUT2D eigenvalue weighted by atomic mass is 10.0. The van der Waals surface area contributed by atoms with Crippen LogP contribution < -0.4 is 15.4 Å². The standard InChI is InChI=1S/C15H18N2O4/c18-14(17-10-6-3-4-9(10)15(19)20)13-8-16-11-5-1-2-7-12(11)21-13/h1-2,5,7,9-10,13,16H,3-4,6,8H2,(H,17,18)(H,19,20). The molecule has 1 saturated carbocycles. The molecular formula is C15H18N2O4. The van der Waals surface area contributed by atoms with E-state index in [0.29, 0.717) is 25.1 Å². The van der Waals surface area contributed by atoms with Crippen LogP contribution in [0, 0.1) is 5.92 Å². The zero-order valence-electron chi connectivity index (χ0n) is 11.5. The number of rotatable bonds is 3. The van der Waals surface area contributed by atoms with Gasteiger partial charge in [0.25, 0.3) is 5.91 Å². The van der Waals surface area contributed by atoms with Crippen molar-refractivity contribution in [1.29, 1.82) is 0 Å². The van der Waals surface area contributed by atoms with Crippen LogP contribution in [-0.2, 0) is 9.59 Å². The van der Waals surface area contributed by atoms with Gasteiger partial charge in [-0.3, -0.25) is 9.59 Å². The molecule has 0 radical (unpaired) electrons. The summed E-state index contributed by atoms with van der Waals surface area (Å²) in [5.74, 6) is -0.941. The number of ether oxygens (including phenoxy) is 1. The lowest BCUT2D eigenvalue weighted by Gasteiger charge is -2.28. The van der Waals surface area contributed by atoms with Crippen LogP contribution in [0.25, 0.3) is 0 Å². The Morgan fingerprint density at radius 3 is 2.90 bits per heavy atom. The summed E-state index contributed by atoms with van der Waals surface area (Å²) >= 11 is 0. The highest BCUT2D eigenvalue weighted by molar-refractivity contribution is 5.84. The number of carboxylic acids is 1. The molecule has 3 N–H and O–H groups in total. The van der Waals surface area contributed by atoms with E-state index in [2.05, 4.69) is 10.6 Å². The summed E-state index contributed by atoms with van der Waals surface area (Å²) in [5, 5.41) is 15.1. The normalized spacial score (nSPS) is 27.1. The maximum Gasteiger partial charge on any atom is 0.308 e. The minimum Gasteiger partial charge on any atom is -0.481 e. The summed E-state index contributed by atoms with van der Waals surface area (Å²) in [6.45, 7) is 0.382. The lowest BCUT2D eigenvalue weighted by Crippen LogP contribution is -2.49. The van der Waals surface area contributed by atoms with Crippen molar-refractivity contribution in [2.75, 3.05) is 11.9 Å². The van der Waals surface area contributed by atoms with Crippen LogP contribution in [0.5, 0.6) is 5.75 Å². The summed E-state index contributed by atoms with van der Waals surface area (Å²) in [4.78, 5) is 23.4. The lowest BCUT2D eigenvalue weighted by molar-refractivity contribution is -0.142. The maximum atomic E-state index is 12.3. The number of benzene rings is 1. The van der Waals surface area contributed by atoms with Gasteiger partial charge in [0, 0.05) is 6.04 Å². The second kappa shape index (κ2) is 5.63. The van der Waals surface area contributed by atoms with E-state index >= 15 is 0 Å². The molecule has 3 unspecified atom stereocenters. The first kappa shape index (κ1) is 13.7. The summed E-state index contributed by atoms with van der Waals surface area (Å²) < 4.78 is 5.68. The van der Waals surface area contributed by atoms with Gasteiger partial charge in [0.1, 0.15) is 5.75 Å². The average Bonchev–Trinajstić information content (AvgIpc) is 2.95. The van der Waals surface area contributed by atoms with E-state index in [1.807, 2.05) is 18.2 Å². The van der Waals surface area contributed by atoms with E-state index in [0.717, 1.165) is 12.1 Å². The van der Waals surface area contributed by atoms with Crippen molar-refractivity contribution in [3.8, 4) is 5.75 Å². The van der Waals surface area contributed by atoms with Crippen molar-refractivity contribution in [2.45, 2.75) is 31.4 Å². The van der Waals surface area contributed by atoms with Crippen LogP contribution in [0.15, 0.2) is 24.3 Å². The molecule has 1 aromatic rings. The van der Waals surface area contributed by atoms with Crippen molar-refractivity contribution in [1.82, 2.24) is 5.32 Å². The number of anilines is 1. The topological polar surface area (TPSA) is 87.7 Å². The van der Waals surface area contributed by atoms with Crippen molar-refractivity contribution < 1.29 is 19.4 Å². The van der Waals surface area contributed by atoms with Crippen molar-refractivity contribution >= 4 is 17.6 Å².